The molecule has 6 heteroatoms. The molecule has 0 amide bonds. The summed E-state index contributed by atoms with van der Waals surface area (Å²) in [4.78, 5) is 0. The van der Waals surface area contributed by atoms with E-state index in [2.05, 4.69) is 10.6 Å². The van der Waals surface area contributed by atoms with E-state index in [1.165, 1.54) is 6.42 Å². The van der Waals surface area contributed by atoms with Crippen molar-refractivity contribution >= 4 is 9.84 Å². The first-order valence-corrected chi connectivity index (χ1v) is 9.61. The Labute approximate surface area is 120 Å². The van der Waals surface area contributed by atoms with Gasteiger partial charge in [-0.3, -0.25) is 0 Å². The zero-order chi connectivity index (χ0) is 13.8. The van der Waals surface area contributed by atoms with Crippen LogP contribution in [0.25, 0.3) is 0 Å². The number of hydrogen-bond donors (Lipinski definition) is 2. The quantitative estimate of drug-likeness (QED) is 0.709. The van der Waals surface area contributed by atoms with Gasteiger partial charge in [-0.25, -0.2) is 8.42 Å². The average Bonchev–Trinajstić information content (AvgIpc) is 2.36. The van der Waals surface area contributed by atoms with Crippen molar-refractivity contribution in [3.63, 3.8) is 0 Å². The highest BCUT2D eigenvalue weighted by Gasteiger charge is 2.55. The normalized spacial score (nSPS) is 41.0. The van der Waals surface area contributed by atoms with Gasteiger partial charge in [0.2, 0.25) is 0 Å². The van der Waals surface area contributed by atoms with Gasteiger partial charge in [-0.1, -0.05) is 0 Å². The summed E-state index contributed by atoms with van der Waals surface area (Å²) in [5, 5.41) is 6.94. The van der Waals surface area contributed by atoms with E-state index in [4.69, 9.17) is 4.74 Å². The summed E-state index contributed by atoms with van der Waals surface area (Å²) in [6, 6.07) is 0.371. The second kappa shape index (κ2) is 4.41. The van der Waals surface area contributed by atoms with Gasteiger partial charge in [0, 0.05) is 37.7 Å². The molecule has 0 radical (unpaired) electrons. The molecule has 0 bridgehead atoms. The van der Waals surface area contributed by atoms with E-state index in [-0.39, 0.29) is 11.5 Å². The summed E-state index contributed by atoms with van der Waals surface area (Å²) >= 11 is 0. The monoisotopic (exact) mass is 300 g/mol. The smallest absolute Gasteiger partial charge is 0.150 e. The van der Waals surface area contributed by atoms with Crippen LogP contribution in [0.2, 0.25) is 0 Å². The van der Waals surface area contributed by atoms with Crippen molar-refractivity contribution in [3.05, 3.63) is 0 Å². The molecule has 2 spiro atoms. The van der Waals surface area contributed by atoms with Gasteiger partial charge in [-0.15, -0.1) is 0 Å². The van der Waals surface area contributed by atoms with Crippen molar-refractivity contribution in [3.8, 4) is 0 Å². The van der Waals surface area contributed by atoms with Crippen LogP contribution in [0.5, 0.6) is 0 Å². The van der Waals surface area contributed by atoms with Crippen LogP contribution >= 0.6 is 0 Å². The van der Waals surface area contributed by atoms with Gasteiger partial charge in [-0.2, -0.15) is 0 Å². The predicted octanol–water partition coefficient (Wildman–Crippen LogP) is -0.0782. The number of nitrogens with one attached hydrogen (secondary N) is 2. The van der Waals surface area contributed by atoms with Crippen molar-refractivity contribution in [2.45, 2.75) is 37.8 Å². The minimum absolute atomic E-state index is 0.186. The van der Waals surface area contributed by atoms with Crippen LogP contribution in [-0.4, -0.2) is 58.3 Å². The summed E-state index contributed by atoms with van der Waals surface area (Å²) < 4.78 is 29.4. The lowest BCUT2D eigenvalue weighted by Gasteiger charge is -2.58. The molecule has 4 heterocycles. The molecule has 0 saturated carbocycles. The number of sulfone groups is 1. The van der Waals surface area contributed by atoms with Crippen LogP contribution in [0.3, 0.4) is 0 Å². The highest BCUT2D eigenvalue weighted by molar-refractivity contribution is 7.91. The number of ether oxygens (including phenoxy) is 1. The number of hydrogen-bond acceptors (Lipinski definition) is 5. The maximum atomic E-state index is 11.7. The molecule has 114 valence electrons. The van der Waals surface area contributed by atoms with Crippen molar-refractivity contribution < 1.29 is 13.2 Å². The van der Waals surface area contributed by atoms with Crippen LogP contribution in [0.15, 0.2) is 0 Å². The van der Waals surface area contributed by atoms with E-state index < -0.39 is 9.84 Å². The third-order valence-corrected chi connectivity index (χ3v) is 7.78. The van der Waals surface area contributed by atoms with Crippen molar-refractivity contribution in [2.75, 3.05) is 37.7 Å². The fourth-order valence-corrected chi connectivity index (χ4v) is 6.13. The maximum Gasteiger partial charge on any atom is 0.150 e. The fourth-order valence-electron chi connectivity index (χ4n) is 4.50. The molecule has 5 nitrogen and oxygen atoms in total. The molecule has 4 saturated heterocycles. The molecule has 4 aliphatic rings. The zero-order valence-electron chi connectivity index (χ0n) is 11.9. The van der Waals surface area contributed by atoms with E-state index in [0.29, 0.717) is 23.0 Å². The van der Waals surface area contributed by atoms with Gasteiger partial charge in [-0.05, 0) is 31.1 Å². The summed E-state index contributed by atoms with van der Waals surface area (Å²) in [5.74, 6) is 0.731. The summed E-state index contributed by atoms with van der Waals surface area (Å²) in [5.41, 5.74) is 0.647. The molecular formula is C14H24N2O3S. The highest BCUT2D eigenvalue weighted by Crippen LogP contribution is 2.47. The first-order chi connectivity index (χ1) is 9.53. The minimum Gasteiger partial charge on any atom is -0.377 e. The Morgan fingerprint density at radius 3 is 2.35 bits per heavy atom. The van der Waals surface area contributed by atoms with Gasteiger partial charge < -0.3 is 15.4 Å². The van der Waals surface area contributed by atoms with Crippen LogP contribution in [0, 0.1) is 10.8 Å². The van der Waals surface area contributed by atoms with Crippen molar-refractivity contribution in [2.24, 2.45) is 10.8 Å². The van der Waals surface area contributed by atoms with Crippen molar-refractivity contribution in [1.29, 1.82) is 0 Å². The fraction of sp³-hybridized carbons (Fsp3) is 1.00. The molecule has 2 atom stereocenters. The molecule has 0 aromatic rings. The van der Waals surface area contributed by atoms with Crippen LogP contribution in [0.4, 0.5) is 0 Å². The van der Waals surface area contributed by atoms with Gasteiger partial charge in [0.15, 0.2) is 0 Å². The number of rotatable bonds is 1. The second-order valence-electron chi connectivity index (χ2n) is 7.34. The molecule has 2 unspecified atom stereocenters. The molecule has 0 aliphatic carbocycles. The lowest BCUT2D eigenvalue weighted by molar-refractivity contribution is -0.126. The van der Waals surface area contributed by atoms with Gasteiger partial charge in [0.05, 0.1) is 17.6 Å². The summed E-state index contributed by atoms with van der Waals surface area (Å²) in [6.07, 6.45) is 4.22. The predicted molar refractivity (Wildman–Crippen MR) is 76.4 cm³/mol. The van der Waals surface area contributed by atoms with Crippen LogP contribution in [-0.2, 0) is 14.6 Å². The van der Waals surface area contributed by atoms with E-state index >= 15 is 0 Å². The summed E-state index contributed by atoms with van der Waals surface area (Å²) in [7, 11) is -2.78. The second-order valence-corrected chi connectivity index (χ2v) is 9.64. The van der Waals surface area contributed by atoms with Gasteiger partial charge in [0.1, 0.15) is 9.84 Å². The first kappa shape index (κ1) is 13.5. The molecule has 4 rings (SSSR count). The molecule has 0 aromatic heterocycles. The topological polar surface area (TPSA) is 67.4 Å². The largest absolute Gasteiger partial charge is 0.377 e. The third kappa shape index (κ3) is 2.03. The van der Waals surface area contributed by atoms with Gasteiger partial charge in [0.25, 0.3) is 0 Å². The standard InChI is InChI=1S/C14H24N2O3S/c17-20(18)5-2-14(3-6-20)10-16-12(14)11-7-13(1-4-19-11)8-15-9-13/h11-12,15-16H,1-10H2. The average molecular weight is 300 g/mol. The van der Waals surface area contributed by atoms with Gasteiger partial charge >= 0.3 is 0 Å². The zero-order valence-corrected chi connectivity index (χ0v) is 12.7. The van der Waals surface area contributed by atoms with Crippen molar-refractivity contribution in [1.82, 2.24) is 10.6 Å². The molecule has 4 aliphatic heterocycles. The Bertz CT molecular complexity index is 487. The SMILES string of the molecule is O=S1(=O)CCC2(CC1)CNC2C1CC2(CCO1)CNC2. The van der Waals surface area contributed by atoms with E-state index in [0.717, 1.165) is 45.5 Å². The molecule has 2 N–H and O–H groups in total. The lowest BCUT2D eigenvalue weighted by Crippen LogP contribution is -2.71. The molecule has 20 heavy (non-hydrogen) atoms. The maximum absolute atomic E-state index is 11.7. The molecule has 4 fully saturated rings. The molecular weight excluding hydrogens is 276 g/mol. The Morgan fingerprint density at radius 2 is 1.80 bits per heavy atom. The minimum atomic E-state index is -2.78. The van der Waals surface area contributed by atoms with E-state index in [9.17, 15) is 8.42 Å². The van der Waals surface area contributed by atoms with E-state index in [1.54, 1.807) is 0 Å². The Morgan fingerprint density at radius 1 is 1.05 bits per heavy atom. The lowest BCUT2D eigenvalue weighted by atomic mass is 9.63. The highest BCUT2D eigenvalue weighted by atomic mass is 32.2. The van der Waals surface area contributed by atoms with E-state index in [1.807, 2.05) is 0 Å². The Hall–Kier alpha value is -0.170. The van der Waals surface area contributed by atoms with Crippen LogP contribution in [0.1, 0.15) is 25.7 Å². The van der Waals surface area contributed by atoms with Crippen LogP contribution < -0.4 is 10.6 Å². The molecule has 0 aromatic carbocycles. The third-order valence-electron chi connectivity index (χ3n) is 6.13. The Balaban J connectivity index is 1.46. The Kier molecular flexibility index (Phi) is 2.98. The first-order valence-electron chi connectivity index (χ1n) is 7.79. The summed E-state index contributed by atoms with van der Waals surface area (Å²) in [6.45, 7) is 4.08.